The van der Waals surface area contributed by atoms with E-state index in [9.17, 15) is 10.1 Å². The lowest BCUT2D eigenvalue weighted by Crippen LogP contribution is -2.42. The van der Waals surface area contributed by atoms with Gasteiger partial charge in [0.15, 0.2) is 0 Å². The van der Waals surface area contributed by atoms with Gasteiger partial charge in [-0.3, -0.25) is 9.89 Å². The molecule has 2 aliphatic heterocycles. The summed E-state index contributed by atoms with van der Waals surface area (Å²) in [4.78, 5) is 13.0. The number of halogens is 1. The Morgan fingerprint density at radius 2 is 2.26 bits per heavy atom. The number of H-pyrrole nitrogens is 1. The Hall–Kier alpha value is -2.79. The van der Waals surface area contributed by atoms with Crippen molar-refractivity contribution in [3.05, 3.63) is 50.9 Å². The van der Waals surface area contributed by atoms with Crippen LogP contribution in [0.15, 0.2) is 34.1 Å². The smallest absolute Gasteiger partial charge is 0.245 e. The molecule has 114 valence electrons. The average molecular weight is 372 g/mol. The molecular formula is C15H10BrN5O2. The molecular weight excluding hydrogens is 362 g/mol. The zero-order valence-corrected chi connectivity index (χ0v) is 13.5. The Balaban J connectivity index is 2.19. The van der Waals surface area contributed by atoms with Gasteiger partial charge in [0.2, 0.25) is 17.7 Å². The zero-order valence-electron chi connectivity index (χ0n) is 11.9. The normalized spacial score (nSPS) is 21.5. The molecule has 0 bridgehead atoms. The van der Waals surface area contributed by atoms with E-state index in [0.717, 1.165) is 4.47 Å². The molecule has 0 aliphatic carbocycles. The van der Waals surface area contributed by atoms with E-state index in [1.54, 1.807) is 19.1 Å². The van der Waals surface area contributed by atoms with Gasteiger partial charge >= 0.3 is 0 Å². The summed E-state index contributed by atoms with van der Waals surface area (Å²) in [6.07, 6.45) is 0. The number of nitriles is 1. The lowest BCUT2D eigenvalue weighted by atomic mass is 9.69. The number of nitrogens with two attached hydrogens (primary N) is 1. The molecule has 4 rings (SSSR count). The number of fused-ring (bicyclic) bond motifs is 4. The van der Waals surface area contributed by atoms with Crippen LogP contribution < -0.4 is 15.8 Å². The van der Waals surface area contributed by atoms with Gasteiger partial charge in [-0.25, -0.2) is 0 Å². The van der Waals surface area contributed by atoms with Gasteiger partial charge in [0.1, 0.15) is 17.1 Å². The number of carbonyl (C=O) groups is 1. The van der Waals surface area contributed by atoms with Crippen LogP contribution >= 0.6 is 15.9 Å². The van der Waals surface area contributed by atoms with Crippen molar-refractivity contribution in [1.29, 1.82) is 5.26 Å². The van der Waals surface area contributed by atoms with E-state index in [0.29, 0.717) is 22.5 Å². The van der Waals surface area contributed by atoms with Gasteiger partial charge < -0.3 is 15.8 Å². The summed E-state index contributed by atoms with van der Waals surface area (Å²) in [6, 6.07) is 7.45. The van der Waals surface area contributed by atoms with E-state index >= 15 is 0 Å². The van der Waals surface area contributed by atoms with Crippen LogP contribution in [0.4, 0.5) is 5.69 Å². The minimum absolute atomic E-state index is 0.0591. The average Bonchev–Trinajstić information content (AvgIpc) is 3.00. The summed E-state index contributed by atoms with van der Waals surface area (Å²) >= 11 is 3.42. The van der Waals surface area contributed by atoms with Crippen molar-refractivity contribution in [1.82, 2.24) is 10.2 Å². The van der Waals surface area contributed by atoms with Gasteiger partial charge in [0.05, 0.1) is 5.56 Å². The van der Waals surface area contributed by atoms with E-state index in [4.69, 9.17) is 10.5 Å². The molecule has 2 aliphatic rings. The molecule has 3 heterocycles. The van der Waals surface area contributed by atoms with Crippen LogP contribution in [0.25, 0.3) is 0 Å². The summed E-state index contributed by atoms with van der Waals surface area (Å²) in [5, 5.41) is 19.4. The van der Waals surface area contributed by atoms with Gasteiger partial charge in [-0.05, 0) is 25.1 Å². The molecule has 0 radical (unpaired) electrons. The third kappa shape index (κ3) is 1.52. The molecule has 0 saturated heterocycles. The molecule has 0 saturated carbocycles. The fourth-order valence-electron chi connectivity index (χ4n) is 3.30. The number of aromatic nitrogens is 2. The minimum Gasteiger partial charge on any atom is -0.420 e. The quantitative estimate of drug-likeness (QED) is 0.652. The van der Waals surface area contributed by atoms with Crippen molar-refractivity contribution in [2.45, 2.75) is 12.3 Å². The Kier molecular flexibility index (Phi) is 2.63. The maximum atomic E-state index is 13.0. The number of carbonyl (C=O) groups excluding carboxylic acids is 1. The number of nitrogens with zero attached hydrogens (tertiary/aromatic N) is 2. The van der Waals surface area contributed by atoms with Crippen LogP contribution in [0, 0.1) is 18.3 Å². The van der Waals surface area contributed by atoms with E-state index in [-0.39, 0.29) is 23.2 Å². The van der Waals surface area contributed by atoms with Crippen molar-refractivity contribution in [2.75, 3.05) is 5.32 Å². The van der Waals surface area contributed by atoms with Gasteiger partial charge in [-0.15, -0.1) is 5.10 Å². The Morgan fingerprint density at radius 3 is 3.00 bits per heavy atom. The number of benzene rings is 1. The van der Waals surface area contributed by atoms with Crippen molar-refractivity contribution >= 4 is 27.5 Å². The van der Waals surface area contributed by atoms with Crippen LogP contribution in [-0.2, 0) is 10.2 Å². The highest BCUT2D eigenvalue weighted by atomic mass is 79.9. The van der Waals surface area contributed by atoms with Crippen molar-refractivity contribution in [2.24, 2.45) is 5.73 Å². The number of aromatic amines is 1. The van der Waals surface area contributed by atoms with Gasteiger partial charge in [-0.2, -0.15) is 5.26 Å². The SMILES string of the molecule is Cc1[nH]nc2c1[C@]1(C(=O)Nc3ccc(Br)cc31)C(C#N)=C(N)O2. The monoisotopic (exact) mass is 371 g/mol. The molecule has 4 N–H and O–H groups in total. The molecule has 1 aromatic carbocycles. The number of hydrogen-bond acceptors (Lipinski definition) is 5. The second-order valence-corrected chi connectivity index (χ2v) is 6.29. The molecule has 1 amide bonds. The zero-order chi connectivity index (χ0) is 16.4. The Labute approximate surface area is 139 Å². The summed E-state index contributed by atoms with van der Waals surface area (Å²) in [5.74, 6) is -0.254. The lowest BCUT2D eigenvalue weighted by Gasteiger charge is -2.31. The van der Waals surface area contributed by atoms with E-state index < -0.39 is 5.41 Å². The number of ether oxygens (including phenoxy) is 1. The molecule has 7 nitrogen and oxygen atoms in total. The Morgan fingerprint density at radius 1 is 1.48 bits per heavy atom. The third-order valence-electron chi connectivity index (χ3n) is 4.20. The number of amides is 1. The van der Waals surface area contributed by atoms with Crippen LogP contribution in [0.3, 0.4) is 0 Å². The molecule has 0 unspecified atom stereocenters. The van der Waals surface area contributed by atoms with Gasteiger partial charge in [-0.1, -0.05) is 15.9 Å². The fraction of sp³-hybridized carbons (Fsp3) is 0.133. The van der Waals surface area contributed by atoms with Crippen molar-refractivity contribution in [3.8, 4) is 11.9 Å². The summed E-state index contributed by atoms with van der Waals surface area (Å²) in [6.45, 7) is 1.77. The molecule has 8 heteroatoms. The number of aryl methyl sites for hydroxylation is 1. The first-order chi connectivity index (χ1) is 11.0. The number of rotatable bonds is 0. The number of nitrogens with one attached hydrogen (secondary N) is 2. The predicted molar refractivity (Wildman–Crippen MR) is 84.3 cm³/mol. The number of hydrogen-bond donors (Lipinski definition) is 3. The fourth-order valence-corrected chi connectivity index (χ4v) is 3.66. The predicted octanol–water partition coefficient (Wildman–Crippen LogP) is 1.81. The van der Waals surface area contributed by atoms with E-state index in [1.807, 2.05) is 12.1 Å². The highest BCUT2D eigenvalue weighted by Crippen LogP contribution is 2.53. The summed E-state index contributed by atoms with van der Waals surface area (Å²) in [7, 11) is 0. The first kappa shape index (κ1) is 13.8. The van der Waals surface area contributed by atoms with Crippen molar-refractivity contribution < 1.29 is 9.53 Å². The van der Waals surface area contributed by atoms with Crippen molar-refractivity contribution in [3.63, 3.8) is 0 Å². The minimum atomic E-state index is -1.36. The molecule has 2 aromatic rings. The van der Waals surface area contributed by atoms with Gasteiger partial charge in [0, 0.05) is 21.4 Å². The lowest BCUT2D eigenvalue weighted by molar-refractivity contribution is -0.118. The molecule has 0 fully saturated rings. The summed E-state index contributed by atoms with van der Waals surface area (Å²) < 4.78 is 6.23. The second-order valence-electron chi connectivity index (χ2n) is 5.38. The molecule has 1 atom stereocenters. The van der Waals surface area contributed by atoms with Crippen LogP contribution in [0.1, 0.15) is 16.8 Å². The Bertz CT molecular complexity index is 955. The molecule has 1 aromatic heterocycles. The second kappa shape index (κ2) is 4.36. The van der Waals surface area contributed by atoms with Crippen LogP contribution in [0.2, 0.25) is 0 Å². The maximum absolute atomic E-state index is 13.0. The van der Waals surface area contributed by atoms with Gasteiger partial charge in [0.25, 0.3) is 0 Å². The highest BCUT2D eigenvalue weighted by Gasteiger charge is 2.58. The van der Waals surface area contributed by atoms with Crippen LogP contribution in [-0.4, -0.2) is 16.1 Å². The third-order valence-corrected chi connectivity index (χ3v) is 4.70. The van der Waals surface area contributed by atoms with Crippen LogP contribution in [0.5, 0.6) is 5.88 Å². The number of anilines is 1. The summed E-state index contributed by atoms with van der Waals surface area (Å²) in [5.41, 5.74) is 7.04. The topological polar surface area (TPSA) is 117 Å². The van der Waals surface area contributed by atoms with E-state index in [1.165, 1.54) is 0 Å². The van der Waals surface area contributed by atoms with E-state index in [2.05, 4.69) is 31.4 Å². The standard InChI is InChI=1S/C15H10BrN5O2/c1-6-11-13(21-20-6)23-12(18)9(5-17)15(11)8-4-7(16)2-3-10(8)19-14(15)22/h2-4H,18H2,1H3,(H,19,22)(H,20,21)/t15-/m1/s1. The first-order valence-corrected chi connectivity index (χ1v) is 7.54. The molecule has 23 heavy (non-hydrogen) atoms. The molecule has 1 spiro atoms. The maximum Gasteiger partial charge on any atom is 0.245 e. The highest BCUT2D eigenvalue weighted by molar-refractivity contribution is 9.10. The largest absolute Gasteiger partial charge is 0.420 e. The first-order valence-electron chi connectivity index (χ1n) is 6.75.